The van der Waals surface area contributed by atoms with E-state index >= 15 is 0 Å². The van der Waals surface area contributed by atoms with Gasteiger partial charge in [0.05, 0.1) is 18.8 Å². The van der Waals surface area contributed by atoms with Crippen molar-refractivity contribution in [2.24, 2.45) is 0 Å². The highest BCUT2D eigenvalue weighted by molar-refractivity contribution is 7.66. The Labute approximate surface area is 114 Å². The van der Waals surface area contributed by atoms with Crippen LogP contribution in [0.1, 0.15) is 19.8 Å². The fourth-order valence-corrected chi connectivity index (χ4v) is 4.54. The van der Waals surface area contributed by atoms with Crippen LogP contribution in [0.4, 0.5) is 0 Å². The minimum Gasteiger partial charge on any atom is -0.373 e. The summed E-state index contributed by atoms with van der Waals surface area (Å²) in [5.74, 6) is 0. The standard InChI is InChI=1S/C6H15O11P3/c1-5-2-3-6(15-5)4-14-19(10,11)17-20(12,13)16-18(7,8)9/h5-6H,2-4H2,1H3,(H,10,11)(H,12,13)(H2,7,8,9). The Morgan fingerprint density at radius 1 is 1.05 bits per heavy atom. The zero-order chi connectivity index (χ0) is 15.6. The van der Waals surface area contributed by atoms with E-state index in [9.17, 15) is 13.7 Å². The van der Waals surface area contributed by atoms with Crippen molar-refractivity contribution in [3.63, 3.8) is 0 Å². The molecule has 0 aromatic rings. The third-order valence-corrected chi connectivity index (χ3v) is 5.96. The molecule has 14 heteroatoms. The first kappa shape index (κ1) is 18.4. The molecular weight excluding hydrogens is 341 g/mol. The van der Waals surface area contributed by atoms with Crippen molar-refractivity contribution >= 4 is 23.5 Å². The van der Waals surface area contributed by atoms with Gasteiger partial charge >= 0.3 is 23.5 Å². The number of rotatable bonds is 7. The molecule has 1 aliphatic heterocycles. The minimum atomic E-state index is -5.45. The van der Waals surface area contributed by atoms with Crippen molar-refractivity contribution in [3.8, 4) is 0 Å². The smallest absolute Gasteiger partial charge is 0.373 e. The van der Waals surface area contributed by atoms with Gasteiger partial charge in [-0.1, -0.05) is 0 Å². The molecule has 4 unspecified atom stereocenters. The summed E-state index contributed by atoms with van der Waals surface area (Å²) < 4.78 is 49.5. The van der Waals surface area contributed by atoms with Gasteiger partial charge in [-0.2, -0.15) is 8.62 Å². The van der Waals surface area contributed by atoms with Gasteiger partial charge in [0, 0.05) is 0 Å². The fourth-order valence-electron chi connectivity index (χ4n) is 1.49. The molecule has 4 atom stereocenters. The third kappa shape index (κ3) is 7.40. The van der Waals surface area contributed by atoms with E-state index in [0.29, 0.717) is 6.42 Å². The van der Waals surface area contributed by atoms with E-state index in [4.69, 9.17) is 24.3 Å². The van der Waals surface area contributed by atoms with Crippen LogP contribution >= 0.6 is 23.5 Å². The van der Waals surface area contributed by atoms with Gasteiger partial charge in [0.2, 0.25) is 0 Å². The van der Waals surface area contributed by atoms with Crippen molar-refractivity contribution in [2.75, 3.05) is 6.61 Å². The summed E-state index contributed by atoms with van der Waals surface area (Å²) in [6.45, 7) is 1.42. The lowest BCUT2D eigenvalue weighted by molar-refractivity contribution is 0.0184. The molecule has 0 amide bonds. The lowest BCUT2D eigenvalue weighted by Crippen LogP contribution is -2.15. The molecule has 0 saturated carbocycles. The molecule has 0 aromatic heterocycles. The van der Waals surface area contributed by atoms with Crippen LogP contribution in [0.5, 0.6) is 0 Å². The molecule has 0 aliphatic carbocycles. The number of phosphoric acid groups is 3. The molecule has 120 valence electrons. The van der Waals surface area contributed by atoms with Gasteiger partial charge in [-0.15, -0.1) is 0 Å². The maximum Gasteiger partial charge on any atom is 0.490 e. The van der Waals surface area contributed by atoms with E-state index in [1.807, 2.05) is 0 Å². The van der Waals surface area contributed by atoms with Crippen LogP contribution in [0, 0.1) is 0 Å². The predicted molar refractivity (Wildman–Crippen MR) is 63.4 cm³/mol. The van der Waals surface area contributed by atoms with Crippen LogP contribution in [-0.4, -0.2) is 38.4 Å². The molecule has 20 heavy (non-hydrogen) atoms. The van der Waals surface area contributed by atoms with E-state index in [-0.39, 0.29) is 12.7 Å². The topological polar surface area (TPSA) is 169 Å². The number of hydrogen-bond acceptors (Lipinski definition) is 7. The summed E-state index contributed by atoms with van der Waals surface area (Å²) in [4.78, 5) is 34.7. The summed E-state index contributed by atoms with van der Waals surface area (Å²) in [5, 5.41) is 0. The van der Waals surface area contributed by atoms with Gasteiger partial charge < -0.3 is 24.3 Å². The summed E-state index contributed by atoms with van der Waals surface area (Å²) >= 11 is 0. The number of phosphoric ester groups is 1. The van der Waals surface area contributed by atoms with Crippen LogP contribution < -0.4 is 0 Å². The minimum absolute atomic E-state index is 0.0375. The molecule has 4 N–H and O–H groups in total. The maximum atomic E-state index is 11.3. The first-order valence-electron chi connectivity index (χ1n) is 5.32. The largest absolute Gasteiger partial charge is 0.490 e. The fraction of sp³-hybridized carbons (Fsp3) is 1.00. The normalized spacial score (nSPS) is 29.9. The first-order chi connectivity index (χ1) is 8.89. The van der Waals surface area contributed by atoms with E-state index in [1.54, 1.807) is 6.92 Å². The van der Waals surface area contributed by atoms with Crippen molar-refractivity contribution in [2.45, 2.75) is 32.0 Å². The molecule has 0 aromatic carbocycles. The van der Waals surface area contributed by atoms with Crippen LogP contribution in [0.25, 0.3) is 0 Å². The van der Waals surface area contributed by atoms with E-state index in [1.165, 1.54) is 0 Å². The van der Waals surface area contributed by atoms with Crippen molar-refractivity contribution in [1.82, 2.24) is 0 Å². The number of ether oxygens (including phenoxy) is 1. The van der Waals surface area contributed by atoms with Gasteiger partial charge in [0.25, 0.3) is 0 Å². The highest BCUT2D eigenvalue weighted by Crippen LogP contribution is 2.66. The Bertz CT molecular complexity index is 471. The van der Waals surface area contributed by atoms with Gasteiger partial charge in [-0.3, -0.25) is 4.52 Å². The van der Waals surface area contributed by atoms with E-state index < -0.39 is 29.6 Å². The van der Waals surface area contributed by atoms with E-state index in [2.05, 4.69) is 13.1 Å². The van der Waals surface area contributed by atoms with Crippen LogP contribution in [0.2, 0.25) is 0 Å². The Morgan fingerprint density at radius 3 is 2.10 bits per heavy atom. The monoisotopic (exact) mass is 356 g/mol. The average Bonchev–Trinajstić information content (AvgIpc) is 2.55. The third-order valence-electron chi connectivity index (χ3n) is 2.16. The SMILES string of the molecule is CC1CCC(COP(=O)(O)OP(=O)(O)OP(=O)(O)O)O1. The molecule has 1 aliphatic rings. The summed E-state index contributed by atoms with van der Waals surface area (Å²) in [5.41, 5.74) is 0. The van der Waals surface area contributed by atoms with Gasteiger partial charge in [-0.25, -0.2) is 13.7 Å². The lowest BCUT2D eigenvalue weighted by Gasteiger charge is -2.17. The molecule has 0 radical (unpaired) electrons. The van der Waals surface area contributed by atoms with Crippen molar-refractivity contribution in [3.05, 3.63) is 0 Å². The highest BCUT2D eigenvalue weighted by Gasteiger charge is 2.41. The highest BCUT2D eigenvalue weighted by atomic mass is 31.3. The number of hydrogen-bond donors (Lipinski definition) is 4. The average molecular weight is 356 g/mol. The molecule has 1 rings (SSSR count). The molecule has 1 fully saturated rings. The molecule has 0 bridgehead atoms. The van der Waals surface area contributed by atoms with Crippen LogP contribution in [0.3, 0.4) is 0 Å². The van der Waals surface area contributed by atoms with Crippen LogP contribution in [0.15, 0.2) is 0 Å². The second-order valence-corrected chi connectivity index (χ2v) is 8.45. The molecule has 0 spiro atoms. The Balaban J connectivity index is 2.50. The molecular formula is C6H15O11P3. The Kier molecular flexibility index (Phi) is 6.12. The second kappa shape index (κ2) is 6.64. The van der Waals surface area contributed by atoms with Gasteiger partial charge in [0.1, 0.15) is 0 Å². The first-order valence-corrected chi connectivity index (χ1v) is 9.84. The predicted octanol–water partition coefficient (Wildman–Crippen LogP) is 0.897. The summed E-state index contributed by atoms with van der Waals surface area (Å²) in [6, 6.07) is 0. The second-order valence-electron chi connectivity index (χ2n) is 4.03. The van der Waals surface area contributed by atoms with Crippen molar-refractivity contribution < 1.29 is 51.2 Å². The van der Waals surface area contributed by atoms with Crippen molar-refractivity contribution in [1.29, 1.82) is 0 Å². The van der Waals surface area contributed by atoms with E-state index in [0.717, 1.165) is 6.42 Å². The quantitative estimate of drug-likeness (QED) is 0.478. The molecule has 11 nitrogen and oxygen atoms in total. The molecule has 1 saturated heterocycles. The molecule has 1 heterocycles. The zero-order valence-electron chi connectivity index (χ0n) is 10.3. The maximum absolute atomic E-state index is 11.3. The van der Waals surface area contributed by atoms with Gasteiger partial charge in [0.15, 0.2) is 0 Å². The van der Waals surface area contributed by atoms with Gasteiger partial charge in [-0.05, 0) is 19.8 Å². The lowest BCUT2D eigenvalue weighted by atomic mass is 10.2. The van der Waals surface area contributed by atoms with Crippen LogP contribution in [-0.2, 0) is 31.6 Å². The zero-order valence-corrected chi connectivity index (χ0v) is 12.9. The summed E-state index contributed by atoms with van der Waals surface area (Å²) in [6.07, 6.45) is 0.779. The Hall–Kier alpha value is 0.370. The Morgan fingerprint density at radius 2 is 1.65 bits per heavy atom. The summed E-state index contributed by atoms with van der Waals surface area (Å²) in [7, 11) is -15.9.